The molecular formula is C16H26N4O. The molecule has 2 rings (SSSR count). The molecule has 21 heavy (non-hydrogen) atoms. The number of hydrogen-bond donors (Lipinski definition) is 2. The summed E-state index contributed by atoms with van der Waals surface area (Å²) in [5, 5.41) is 6.23. The fourth-order valence-electron chi connectivity index (χ4n) is 2.69. The van der Waals surface area contributed by atoms with E-state index >= 15 is 0 Å². The van der Waals surface area contributed by atoms with Crippen LogP contribution in [0.1, 0.15) is 25.5 Å². The van der Waals surface area contributed by atoms with Gasteiger partial charge in [-0.1, -0.05) is 12.1 Å². The number of nitrogens with one attached hydrogen (secondary N) is 2. The summed E-state index contributed by atoms with van der Waals surface area (Å²) in [5.41, 5.74) is 2.02. The minimum atomic E-state index is -0.00939. The van der Waals surface area contributed by atoms with Crippen LogP contribution >= 0.6 is 0 Å². The number of nitrogens with zero attached hydrogens (tertiary/aromatic N) is 2. The topological polar surface area (TPSA) is 47.6 Å². The van der Waals surface area contributed by atoms with Crippen LogP contribution in [0.15, 0.2) is 24.3 Å². The van der Waals surface area contributed by atoms with Gasteiger partial charge < -0.3 is 20.4 Å². The summed E-state index contributed by atoms with van der Waals surface area (Å²) in [7, 11) is 4.02. The van der Waals surface area contributed by atoms with E-state index in [1.807, 2.05) is 30.1 Å². The van der Waals surface area contributed by atoms with Gasteiger partial charge in [-0.05, 0) is 45.6 Å². The quantitative estimate of drug-likeness (QED) is 0.896. The van der Waals surface area contributed by atoms with E-state index in [4.69, 9.17) is 0 Å². The number of benzene rings is 1. The second-order valence-electron chi connectivity index (χ2n) is 5.87. The molecule has 5 heteroatoms. The SMILES string of the molecule is CNC(C)c1cccc(NC(=O)N2CCN(C)CC2C)c1. The van der Waals surface area contributed by atoms with Crippen molar-refractivity contribution in [3.63, 3.8) is 0 Å². The highest BCUT2D eigenvalue weighted by atomic mass is 16.2. The fourth-order valence-corrected chi connectivity index (χ4v) is 2.69. The Morgan fingerprint density at radius 3 is 2.81 bits per heavy atom. The van der Waals surface area contributed by atoms with Gasteiger partial charge in [-0.15, -0.1) is 0 Å². The predicted molar refractivity (Wildman–Crippen MR) is 86.6 cm³/mol. The molecule has 1 aliphatic heterocycles. The molecule has 2 N–H and O–H groups in total. The molecule has 2 atom stereocenters. The fraction of sp³-hybridized carbons (Fsp3) is 0.562. The number of hydrogen-bond acceptors (Lipinski definition) is 3. The van der Waals surface area contributed by atoms with Gasteiger partial charge in [0, 0.05) is 37.4 Å². The number of rotatable bonds is 3. The van der Waals surface area contributed by atoms with Gasteiger partial charge in [0.25, 0.3) is 0 Å². The van der Waals surface area contributed by atoms with Crippen molar-refractivity contribution >= 4 is 11.7 Å². The molecule has 1 aromatic rings. The minimum Gasteiger partial charge on any atom is -0.319 e. The molecule has 2 unspecified atom stereocenters. The van der Waals surface area contributed by atoms with Gasteiger partial charge in [-0.3, -0.25) is 0 Å². The Hall–Kier alpha value is -1.59. The Bertz CT molecular complexity index is 491. The third-order valence-electron chi connectivity index (χ3n) is 4.16. The molecule has 0 spiro atoms. The summed E-state index contributed by atoms with van der Waals surface area (Å²) in [6.07, 6.45) is 0. The molecule has 0 aliphatic carbocycles. The number of piperazine rings is 1. The maximum atomic E-state index is 12.4. The van der Waals surface area contributed by atoms with Gasteiger partial charge in [0.2, 0.25) is 0 Å². The Balaban J connectivity index is 2.02. The van der Waals surface area contributed by atoms with E-state index in [-0.39, 0.29) is 18.1 Å². The molecule has 2 amide bonds. The van der Waals surface area contributed by atoms with Crippen LogP contribution in [-0.4, -0.2) is 55.6 Å². The average Bonchev–Trinajstić information content (AvgIpc) is 2.46. The van der Waals surface area contributed by atoms with Crippen LogP contribution in [0.3, 0.4) is 0 Å². The Labute approximate surface area is 127 Å². The lowest BCUT2D eigenvalue weighted by atomic mass is 10.1. The first kappa shape index (κ1) is 15.8. The number of carbonyl (C=O) groups excluding carboxylic acids is 1. The standard InChI is InChI=1S/C16H26N4O/c1-12-11-19(4)8-9-20(12)16(21)18-15-7-5-6-14(10-15)13(2)17-3/h5-7,10,12-13,17H,8-9,11H2,1-4H3,(H,18,21). The highest BCUT2D eigenvalue weighted by molar-refractivity contribution is 5.89. The lowest BCUT2D eigenvalue weighted by Gasteiger charge is -2.38. The van der Waals surface area contributed by atoms with Gasteiger partial charge in [0.15, 0.2) is 0 Å². The summed E-state index contributed by atoms with van der Waals surface area (Å²) in [4.78, 5) is 16.6. The summed E-state index contributed by atoms with van der Waals surface area (Å²) in [5.74, 6) is 0. The third kappa shape index (κ3) is 3.95. The smallest absolute Gasteiger partial charge is 0.319 e. The molecule has 0 radical (unpaired) electrons. The van der Waals surface area contributed by atoms with E-state index in [0.29, 0.717) is 0 Å². The monoisotopic (exact) mass is 290 g/mol. The zero-order chi connectivity index (χ0) is 15.4. The van der Waals surface area contributed by atoms with Crippen LogP contribution in [0.4, 0.5) is 10.5 Å². The van der Waals surface area contributed by atoms with Crippen LogP contribution in [0.25, 0.3) is 0 Å². The number of anilines is 1. The molecule has 1 aromatic carbocycles. The normalized spacial score (nSPS) is 21.1. The maximum Gasteiger partial charge on any atom is 0.322 e. The van der Waals surface area contributed by atoms with E-state index in [2.05, 4.69) is 42.5 Å². The molecule has 5 nitrogen and oxygen atoms in total. The third-order valence-corrected chi connectivity index (χ3v) is 4.16. The first-order valence-corrected chi connectivity index (χ1v) is 7.54. The molecule has 0 saturated carbocycles. The second-order valence-corrected chi connectivity index (χ2v) is 5.87. The van der Waals surface area contributed by atoms with E-state index in [1.54, 1.807) is 0 Å². The molecule has 1 aliphatic rings. The van der Waals surface area contributed by atoms with Crippen LogP contribution in [-0.2, 0) is 0 Å². The summed E-state index contributed by atoms with van der Waals surface area (Å²) in [6, 6.07) is 8.50. The van der Waals surface area contributed by atoms with Crippen LogP contribution in [0.2, 0.25) is 0 Å². The van der Waals surface area contributed by atoms with Gasteiger partial charge >= 0.3 is 6.03 Å². The predicted octanol–water partition coefficient (Wildman–Crippen LogP) is 2.13. The average molecular weight is 290 g/mol. The molecule has 116 valence electrons. The molecule has 1 fully saturated rings. The Kier molecular flexibility index (Phi) is 5.20. The largest absolute Gasteiger partial charge is 0.322 e. The van der Waals surface area contributed by atoms with Crippen molar-refractivity contribution in [2.24, 2.45) is 0 Å². The number of likely N-dealkylation sites (N-methyl/N-ethyl adjacent to an activating group) is 1. The van der Waals surface area contributed by atoms with E-state index in [1.165, 1.54) is 5.56 Å². The highest BCUT2D eigenvalue weighted by Gasteiger charge is 2.25. The van der Waals surface area contributed by atoms with Crippen molar-refractivity contribution in [2.45, 2.75) is 25.9 Å². The van der Waals surface area contributed by atoms with E-state index in [0.717, 1.165) is 25.3 Å². The number of carbonyl (C=O) groups is 1. The number of amides is 2. The van der Waals surface area contributed by atoms with E-state index < -0.39 is 0 Å². The summed E-state index contributed by atoms with van der Waals surface area (Å²) >= 11 is 0. The highest BCUT2D eigenvalue weighted by Crippen LogP contribution is 2.18. The first-order valence-electron chi connectivity index (χ1n) is 7.54. The van der Waals surface area contributed by atoms with Crippen molar-refractivity contribution < 1.29 is 4.79 Å². The summed E-state index contributed by atoms with van der Waals surface area (Å²) in [6.45, 7) is 6.81. The zero-order valence-corrected chi connectivity index (χ0v) is 13.4. The Morgan fingerprint density at radius 1 is 1.38 bits per heavy atom. The van der Waals surface area contributed by atoms with Gasteiger partial charge in [0.1, 0.15) is 0 Å². The lowest BCUT2D eigenvalue weighted by molar-refractivity contribution is 0.125. The van der Waals surface area contributed by atoms with Gasteiger partial charge in [-0.25, -0.2) is 4.79 Å². The molecule has 0 aromatic heterocycles. The van der Waals surface area contributed by atoms with Gasteiger partial charge in [-0.2, -0.15) is 0 Å². The van der Waals surface area contributed by atoms with Gasteiger partial charge in [0.05, 0.1) is 0 Å². The second kappa shape index (κ2) is 6.91. The van der Waals surface area contributed by atoms with Crippen LogP contribution in [0.5, 0.6) is 0 Å². The summed E-state index contributed by atoms with van der Waals surface area (Å²) < 4.78 is 0. The van der Waals surface area contributed by atoms with Crippen molar-refractivity contribution in [3.8, 4) is 0 Å². The van der Waals surface area contributed by atoms with E-state index in [9.17, 15) is 4.79 Å². The van der Waals surface area contributed by atoms with Crippen molar-refractivity contribution in [1.82, 2.24) is 15.1 Å². The molecule has 1 heterocycles. The molecular weight excluding hydrogens is 264 g/mol. The molecule has 1 saturated heterocycles. The van der Waals surface area contributed by atoms with Crippen molar-refractivity contribution in [3.05, 3.63) is 29.8 Å². The first-order chi connectivity index (χ1) is 10.0. The number of urea groups is 1. The van der Waals surface area contributed by atoms with Crippen molar-refractivity contribution in [1.29, 1.82) is 0 Å². The molecule has 0 bridgehead atoms. The van der Waals surface area contributed by atoms with Crippen LogP contribution < -0.4 is 10.6 Å². The maximum absolute atomic E-state index is 12.4. The lowest BCUT2D eigenvalue weighted by Crippen LogP contribution is -2.53. The van der Waals surface area contributed by atoms with Crippen LogP contribution in [0, 0.1) is 0 Å². The zero-order valence-electron chi connectivity index (χ0n) is 13.4. The Morgan fingerprint density at radius 2 is 2.14 bits per heavy atom. The van der Waals surface area contributed by atoms with Crippen molar-refractivity contribution in [2.75, 3.05) is 39.0 Å². The minimum absolute atomic E-state index is 0.00939.